The fraction of sp³-hybridized carbons (Fsp3) is 0.793. The van der Waals surface area contributed by atoms with E-state index in [4.69, 9.17) is 0 Å². The molecule has 3 rings (SSSR count). The molecule has 72 heavy (non-hydrogen) atoms. The summed E-state index contributed by atoms with van der Waals surface area (Å²) in [6, 6.07) is 12.4. The number of hydrogen-bond acceptors (Lipinski definition) is 0. The van der Waals surface area contributed by atoms with E-state index in [-0.39, 0.29) is 0 Å². The van der Waals surface area contributed by atoms with Crippen molar-refractivity contribution in [1.29, 1.82) is 0 Å². The third kappa shape index (κ3) is 12.6. The van der Waals surface area contributed by atoms with Crippen molar-refractivity contribution in [3.63, 3.8) is 0 Å². The van der Waals surface area contributed by atoms with Gasteiger partial charge in [0.1, 0.15) is 0 Å². The van der Waals surface area contributed by atoms with Crippen molar-refractivity contribution in [2.45, 2.75) is 289 Å². The van der Waals surface area contributed by atoms with Crippen LogP contribution in [-0.4, -0.2) is 119 Å². The van der Waals surface area contributed by atoms with Crippen LogP contribution in [0, 0.1) is 0 Å². The van der Waals surface area contributed by atoms with Crippen LogP contribution in [0.5, 0.6) is 0 Å². The first kappa shape index (κ1) is 68.1. The van der Waals surface area contributed by atoms with Gasteiger partial charge in [-0.2, -0.15) is 0 Å². The first-order valence-electron chi connectivity index (χ1n) is 29.2. The van der Waals surface area contributed by atoms with E-state index >= 15 is 0 Å². The third-order valence-corrected chi connectivity index (χ3v) is 105. The molecule has 0 saturated heterocycles. The fourth-order valence-corrected chi connectivity index (χ4v) is 136. The zero-order valence-electron chi connectivity index (χ0n) is 56.3. The molecule has 0 atom stereocenters. The standard InChI is InChI=1S/C58H127GeSi13/c1-60(2,3)53(61(4,5)6)45-40-47(54(62(7,8)9)63(10,11)12)50(48(41-45)55(64(13,14)15)65(16,17)18)44-59-52-49(56(66(19,20)21)67(22,23)24)42-46(43-51(52)57(59,68(25,26)27)69(28,29)30)58(70(31,32)33,71(34,35)36)72(37,38)39/h40-43,53-56H,44H2,1-39H3. The molecule has 0 aliphatic carbocycles. The second kappa shape index (κ2) is 20.4. The van der Waals surface area contributed by atoms with Gasteiger partial charge in [0.2, 0.25) is 0 Å². The van der Waals surface area contributed by atoms with Crippen molar-refractivity contribution in [2.24, 2.45) is 0 Å². The van der Waals surface area contributed by atoms with Crippen LogP contribution in [0.3, 0.4) is 0 Å². The molecule has 0 nitrogen and oxygen atoms in total. The van der Waals surface area contributed by atoms with Crippen molar-refractivity contribution in [3.05, 3.63) is 63.2 Å². The predicted octanol–water partition coefficient (Wildman–Crippen LogP) is 19.9. The normalized spacial score (nSPS) is 17.2. The van der Waals surface area contributed by atoms with Gasteiger partial charge in [0.15, 0.2) is 0 Å². The average Bonchev–Trinajstić information content (AvgIpc) is 2.96. The molecule has 0 fully saturated rings. The Labute approximate surface area is 471 Å². The van der Waals surface area contributed by atoms with E-state index in [9.17, 15) is 0 Å². The van der Waals surface area contributed by atoms with Gasteiger partial charge in [-0.25, -0.2) is 0 Å². The molecule has 1 radical (unpaired) electrons. The van der Waals surface area contributed by atoms with Crippen LogP contribution in [0.4, 0.5) is 0 Å². The molecule has 0 unspecified atom stereocenters. The van der Waals surface area contributed by atoms with Crippen molar-refractivity contribution in [3.8, 4) is 0 Å². The van der Waals surface area contributed by atoms with Gasteiger partial charge in [-0.3, -0.25) is 0 Å². The Kier molecular flexibility index (Phi) is 19.2. The summed E-state index contributed by atoms with van der Waals surface area (Å²) in [6.07, 6.45) is 0. The molecular formula is C58H127GeSi13. The van der Waals surface area contributed by atoms with E-state index in [1.54, 1.807) is 0 Å². The van der Waals surface area contributed by atoms with Gasteiger partial charge in [-0.15, -0.1) is 0 Å². The van der Waals surface area contributed by atoms with Gasteiger partial charge >= 0.3 is 476 Å². The van der Waals surface area contributed by atoms with E-state index in [1.807, 2.05) is 38.9 Å². The monoisotopic (exact) mass is 1260 g/mol. The molecule has 1 aliphatic heterocycles. The zero-order chi connectivity index (χ0) is 57.5. The van der Waals surface area contributed by atoms with Gasteiger partial charge in [-0.05, 0) is 0 Å². The molecule has 1 aliphatic rings. The Morgan fingerprint density at radius 2 is 0.611 bits per heavy atom. The Morgan fingerprint density at radius 1 is 0.347 bits per heavy atom. The SMILES string of the molecule is C[Si](C)(C)C(c1cc(C([Si](C)(C)C)[Si](C)(C)C)c([CH2][Ge]2[c]3c(C([Si](C)(C)C)[Si](C)(C)C)cc(C([Si](C)(C)C)([Si](C)(C)C)[Si](C)(C)C)cc3[C]2([Si](C)(C)C)[Si](C)(C)C)c(C([Si](C)(C)C)[Si](C)(C)C)c1)[Si](C)(C)C. The first-order chi connectivity index (χ1) is 31.0. The third-order valence-electron chi connectivity index (χ3n) is 18.3. The number of rotatable bonds is 20. The maximum atomic E-state index is 3.14. The van der Waals surface area contributed by atoms with E-state index in [0.29, 0.717) is 7.78 Å². The average molecular weight is 1260 g/mol. The summed E-state index contributed by atoms with van der Waals surface area (Å²) in [5.74, 6) is 0. The molecule has 14 heteroatoms. The molecule has 2 aromatic rings. The van der Waals surface area contributed by atoms with Crippen molar-refractivity contribution >= 4 is 124 Å². The number of hydrogen-bond donors (Lipinski definition) is 0. The molecular weight excluding hydrogens is 1130 g/mol. The Bertz CT molecular complexity index is 2080. The van der Waals surface area contributed by atoms with Crippen LogP contribution in [-0.2, 0) is 13.0 Å². The van der Waals surface area contributed by atoms with E-state index < -0.39 is 119 Å². The fourth-order valence-electron chi connectivity index (χ4n) is 20.6. The topological polar surface area (TPSA) is 0 Å². The summed E-state index contributed by atoms with van der Waals surface area (Å²) >= 11 is -2.21. The van der Waals surface area contributed by atoms with Gasteiger partial charge in [0.05, 0.1) is 0 Å². The summed E-state index contributed by atoms with van der Waals surface area (Å²) in [7, 11) is -22.5. The molecule has 0 N–H and O–H groups in total. The minimum absolute atomic E-state index is 0.365. The van der Waals surface area contributed by atoms with E-state index in [0.717, 1.165) is 20.7 Å². The van der Waals surface area contributed by atoms with Crippen LogP contribution in [0.25, 0.3) is 0 Å². The Morgan fingerprint density at radius 3 is 0.847 bits per heavy atom. The summed E-state index contributed by atoms with van der Waals surface area (Å²) in [4.78, 5) is 0. The maximum absolute atomic E-state index is 3.14. The predicted molar refractivity (Wildman–Crippen MR) is 380 cm³/mol. The molecule has 0 spiro atoms. The summed E-state index contributed by atoms with van der Waals surface area (Å²) in [5, 5.41) is 4.42. The quantitative estimate of drug-likeness (QED) is 0.116. The van der Waals surface area contributed by atoms with Crippen molar-refractivity contribution in [1.82, 2.24) is 0 Å². The van der Waals surface area contributed by atoms with Gasteiger partial charge in [0, 0.05) is 0 Å². The van der Waals surface area contributed by atoms with E-state index in [1.165, 1.54) is 5.25 Å². The molecule has 415 valence electrons. The first-order valence-corrected chi connectivity index (χ1v) is 78.9. The number of benzene rings is 2. The van der Waals surface area contributed by atoms with Crippen molar-refractivity contribution in [2.75, 3.05) is 0 Å². The molecule has 1 heterocycles. The summed E-state index contributed by atoms with van der Waals surface area (Å²) in [6.45, 7) is 110. The molecule has 2 aromatic carbocycles. The second-order valence-corrected chi connectivity index (χ2v) is 119. The summed E-state index contributed by atoms with van der Waals surface area (Å²) < 4.78 is 2.89. The second-order valence-electron chi connectivity index (χ2n) is 38.2. The molecule has 0 aromatic heterocycles. The van der Waals surface area contributed by atoms with E-state index in [2.05, 4.69) is 284 Å². The number of fused-ring (bicyclic) bond motifs is 1. The van der Waals surface area contributed by atoms with Gasteiger partial charge < -0.3 is 0 Å². The minimum atomic E-state index is -2.21. The zero-order valence-corrected chi connectivity index (χ0v) is 71.4. The van der Waals surface area contributed by atoms with Crippen LogP contribution in [0.1, 0.15) is 59.6 Å². The molecule has 0 saturated carbocycles. The van der Waals surface area contributed by atoms with Crippen LogP contribution >= 0.6 is 0 Å². The van der Waals surface area contributed by atoms with Gasteiger partial charge in [0.25, 0.3) is 0 Å². The Balaban J connectivity index is 3.12. The van der Waals surface area contributed by atoms with Crippen LogP contribution in [0.2, 0.25) is 255 Å². The van der Waals surface area contributed by atoms with Crippen LogP contribution < -0.4 is 4.40 Å². The summed E-state index contributed by atoms with van der Waals surface area (Å²) in [5.41, 5.74) is 13.6. The Hall–Kier alpha value is 1.80. The molecule has 0 amide bonds. The van der Waals surface area contributed by atoms with Crippen LogP contribution in [0.15, 0.2) is 24.3 Å². The van der Waals surface area contributed by atoms with Crippen molar-refractivity contribution < 1.29 is 0 Å². The van der Waals surface area contributed by atoms with Gasteiger partial charge in [-0.1, -0.05) is 0 Å². The molecule has 0 bridgehead atoms.